The number of anilines is 1. The molecule has 0 aliphatic rings. The van der Waals surface area contributed by atoms with Gasteiger partial charge in [-0.1, -0.05) is 34.1 Å². The molecule has 1 heterocycles. The maximum atomic E-state index is 11.6. The molecule has 19 heavy (non-hydrogen) atoms. The Kier molecular flexibility index (Phi) is 3.25. The van der Waals surface area contributed by atoms with Gasteiger partial charge in [0, 0.05) is 28.2 Å². The average Bonchev–Trinajstić information content (AvgIpc) is 2.77. The monoisotopic (exact) mass is 317 g/mol. The zero-order valence-corrected chi connectivity index (χ0v) is 11.7. The van der Waals surface area contributed by atoms with Gasteiger partial charge in [-0.25, -0.2) is 0 Å². The predicted octanol–water partition coefficient (Wildman–Crippen LogP) is 4.31. The number of furan rings is 1. The summed E-state index contributed by atoms with van der Waals surface area (Å²) < 4.78 is 5.74. The van der Waals surface area contributed by atoms with E-state index in [-0.39, 0.29) is 5.91 Å². The number of halogens is 1. The standard InChI is InChI=1S/C15H12BrNO2/c16-8-7-15(18)17-10-5-6-14-12(9-10)11-3-1-2-4-13(11)19-14/h1-6,9H,7-8H2,(H,17,18). The number of carbonyl (C=O) groups excluding carboxylic acids is 1. The molecule has 1 amide bonds. The third kappa shape index (κ3) is 2.36. The summed E-state index contributed by atoms with van der Waals surface area (Å²) in [6.07, 6.45) is 0.462. The summed E-state index contributed by atoms with van der Waals surface area (Å²) in [7, 11) is 0. The van der Waals surface area contributed by atoms with E-state index in [0.29, 0.717) is 11.8 Å². The Morgan fingerprint density at radius 1 is 1.11 bits per heavy atom. The Balaban J connectivity index is 2.04. The predicted molar refractivity (Wildman–Crippen MR) is 80.8 cm³/mol. The third-order valence-corrected chi connectivity index (χ3v) is 3.38. The minimum Gasteiger partial charge on any atom is -0.456 e. The lowest BCUT2D eigenvalue weighted by atomic mass is 10.1. The summed E-state index contributed by atoms with van der Waals surface area (Å²) in [5, 5.41) is 5.63. The van der Waals surface area contributed by atoms with Crippen LogP contribution in [0.1, 0.15) is 6.42 Å². The summed E-state index contributed by atoms with van der Waals surface area (Å²) >= 11 is 3.25. The molecule has 0 saturated carbocycles. The van der Waals surface area contributed by atoms with Gasteiger partial charge in [0.1, 0.15) is 11.2 Å². The lowest BCUT2D eigenvalue weighted by molar-refractivity contribution is -0.115. The summed E-state index contributed by atoms with van der Waals surface area (Å²) in [6, 6.07) is 13.6. The Labute approximate surface area is 118 Å². The molecule has 0 aliphatic heterocycles. The number of para-hydroxylation sites is 1. The van der Waals surface area contributed by atoms with E-state index in [1.165, 1.54) is 0 Å². The molecule has 0 radical (unpaired) electrons. The third-order valence-electron chi connectivity index (χ3n) is 2.98. The first-order valence-corrected chi connectivity index (χ1v) is 7.17. The van der Waals surface area contributed by atoms with E-state index in [9.17, 15) is 4.79 Å². The summed E-state index contributed by atoms with van der Waals surface area (Å²) in [6.45, 7) is 0. The molecule has 96 valence electrons. The molecule has 1 N–H and O–H groups in total. The molecule has 3 rings (SSSR count). The summed E-state index contributed by atoms with van der Waals surface area (Å²) in [4.78, 5) is 11.6. The van der Waals surface area contributed by atoms with Crippen molar-refractivity contribution in [2.45, 2.75) is 6.42 Å². The molecule has 0 saturated heterocycles. The van der Waals surface area contributed by atoms with Crippen LogP contribution in [0.3, 0.4) is 0 Å². The normalized spacial score (nSPS) is 11.0. The van der Waals surface area contributed by atoms with Crippen molar-refractivity contribution < 1.29 is 9.21 Å². The Hall–Kier alpha value is -1.81. The Bertz CT molecular complexity index is 748. The highest BCUT2D eigenvalue weighted by Crippen LogP contribution is 2.30. The Morgan fingerprint density at radius 3 is 2.74 bits per heavy atom. The van der Waals surface area contributed by atoms with Gasteiger partial charge in [-0.05, 0) is 24.3 Å². The zero-order valence-electron chi connectivity index (χ0n) is 10.2. The fraction of sp³-hybridized carbons (Fsp3) is 0.133. The number of hydrogen-bond donors (Lipinski definition) is 1. The SMILES string of the molecule is O=C(CCBr)Nc1ccc2oc3ccccc3c2c1. The highest BCUT2D eigenvalue weighted by atomic mass is 79.9. The fourth-order valence-corrected chi connectivity index (χ4v) is 2.47. The topological polar surface area (TPSA) is 42.2 Å². The van der Waals surface area contributed by atoms with Crippen LogP contribution in [-0.4, -0.2) is 11.2 Å². The van der Waals surface area contributed by atoms with Gasteiger partial charge in [-0.2, -0.15) is 0 Å². The fourth-order valence-electron chi connectivity index (χ4n) is 2.11. The van der Waals surface area contributed by atoms with Crippen molar-refractivity contribution in [2.75, 3.05) is 10.6 Å². The quantitative estimate of drug-likeness (QED) is 0.731. The highest BCUT2D eigenvalue weighted by Gasteiger charge is 2.08. The minimum absolute atomic E-state index is 0.00373. The van der Waals surface area contributed by atoms with Crippen LogP contribution in [0.25, 0.3) is 21.9 Å². The molecule has 2 aromatic carbocycles. The van der Waals surface area contributed by atoms with Crippen molar-refractivity contribution in [3.63, 3.8) is 0 Å². The van der Waals surface area contributed by atoms with Crippen molar-refractivity contribution in [1.82, 2.24) is 0 Å². The number of amides is 1. The van der Waals surface area contributed by atoms with Crippen LogP contribution in [0.4, 0.5) is 5.69 Å². The van der Waals surface area contributed by atoms with Crippen LogP contribution in [0.2, 0.25) is 0 Å². The number of alkyl halides is 1. The lowest BCUT2D eigenvalue weighted by Crippen LogP contribution is -2.11. The van der Waals surface area contributed by atoms with Gasteiger partial charge in [0.25, 0.3) is 0 Å². The number of nitrogens with one attached hydrogen (secondary N) is 1. The van der Waals surface area contributed by atoms with Crippen LogP contribution >= 0.6 is 15.9 Å². The Morgan fingerprint density at radius 2 is 1.89 bits per heavy atom. The molecular formula is C15H12BrNO2. The second-order valence-electron chi connectivity index (χ2n) is 4.30. The van der Waals surface area contributed by atoms with E-state index in [4.69, 9.17) is 4.42 Å². The highest BCUT2D eigenvalue weighted by molar-refractivity contribution is 9.09. The molecule has 0 bridgehead atoms. The largest absolute Gasteiger partial charge is 0.456 e. The molecule has 0 aliphatic carbocycles. The second-order valence-corrected chi connectivity index (χ2v) is 5.09. The molecule has 0 spiro atoms. The maximum Gasteiger partial charge on any atom is 0.225 e. The number of carbonyl (C=O) groups is 1. The van der Waals surface area contributed by atoms with E-state index in [2.05, 4.69) is 21.2 Å². The van der Waals surface area contributed by atoms with Crippen molar-refractivity contribution in [3.05, 3.63) is 42.5 Å². The maximum absolute atomic E-state index is 11.6. The van der Waals surface area contributed by atoms with Crippen molar-refractivity contribution in [3.8, 4) is 0 Å². The smallest absolute Gasteiger partial charge is 0.225 e. The van der Waals surface area contributed by atoms with E-state index >= 15 is 0 Å². The molecule has 1 aromatic heterocycles. The van der Waals surface area contributed by atoms with Gasteiger partial charge in [0.15, 0.2) is 0 Å². The van der Waals surface area contributed by atoms with Crippen LogP contribution in [0.15, 0.2) is 46.9 Å². The van der Waals surface area contributed by atoms with E-state index in [1.807, 2.05) is 42.5 Å². The average molecular weight is 318 g/mol. The lowest BCUT2D eigenvalue weighted by Gasteiger charge is -2.03. The van der Waals surface area contributed by atoms with E-state index in [0.717, 1.165) is 27.6 Å². The van der Waals surface area contributed by atoms with Gasteiger partial charge in [-0.15, -0.1) is 0 Å². The van der Waals surface area contributed by atoms with Gasteiger partial charge in [-0.3, -0.25) is 4.79 Å². The van der Waals surface area contributed by atoms with Crippen LogP contribution in [0.5, 0.6) is 0 Å². The minimum atomic E-state index is 0.00373. The summed E-state index contributed by atoms with van der Waals surface area (Å²) in [5.41, 5.74) is 2.49. The van der Waals surface area contributed by atoms with Gasteiger partial charge >= 0.3 is 0 Å². The van der Waals surface area contributed by atoms with Crippen LogP contribution in [-0.2, 0) is 4.79 Å². The first-order valence-electron chi connectivity index (χ1n) is 6.05. The van der Waals surface area contributed by atoms with E-state index in [1.54, 1.807) is 0 Å². The molecule has 0 unspecified atom stereocenters. The first kappa shape index (κ1) is 12.2. The van der Waals surface area contributed by atoms with Crippen LogP contribution in [0, 0.1) is 0 Å². The zero-order chi connectivity index (χ0) is 13.2. The molecule has 0 atom stereocenters. The summed E-state index contributed by atoms with van der Waals surface area (Å²) in [5.74, 6) is 0.00373. The number of fused-ring (bicyclic) bond motifs is 3. The van der Waals surface area contributed by atoms with Gasteiger partial charge in [0.2, 0.25) is 5.91 Å². The molecule has 3 aromatic rings. The van der Waals surface area contributed by atoms with Crippen molar-refractivity contribution in [2.24, 2.45) is 0 Å². The molecule has 4 heteroatoms. The molecule has 0 fully saturated rings. The van der Waals surface area contributed by atoms with Gasteiger partial charge in [0.05, 0.1) is 0 Å². The molecular weight excluding hydrogens is 306 g/mol. The number of rotatable bonds is 3. The van der Waals surface area contributed by atoms with Crippen molar-refractivity contribution in [1.29, 1.82) is 0 Å². The second kappa shape index (κ2) is 5.05. The van der Waals surface area contributed by atoms with Crippen LogP contribution < -0.4 is 5.32 Å². The van der Waals surface area contributed by atoms with Gasteiger partial charge < -0.3 is 9.73 Å². The molecule has 3 nitrogen and oxygen atoms in total. The first-order chi connectivity index (χ1) is 9.28. The van der Waals surface area contributed by atoms with E-state index < -0.39 is 0 Å². The van der Waals surface area contributed by atoms with Crippen molar-refractivity contribution >= 4 is 49.5 Å². The number of hydrogen-bond acceptors (Lipinski definition) is 2. The number of benzene rings is 2.